The van der Waals surface area contributed by atoms with Crippen molar-refractivity contribution in [1.82, 2.24) is 0 Å². The molecule has 30 heavy (non-hydrogen) atoms. The molecule has 2 atom stereocenters. The van der Waals surface area contributed by atoms with Gasteiger partial charge >= 0.3 is 10.6 Å². The first-order valence-corrected chi connectivity index (χ1v) is 11.5. The molecule has 0 radical (unpaired) electrons. The molecule has 2 aromatic rings. The summed E-state index contributed by atoms with van der Waals surface area (Å²) in [6.45, 7) is 4.67. The van der Waals surface area contributed by atoms with Gasteiger partial charge in [0.2, 0.25) is 0 Å². The lowest BCUT2D eigenvalue weighted by Crippen LogP contribution is -2.21. The first kappa shape index (κ1) is 20.9. The molecule has 2 heterocycles. The van der Waals surface area contributed by atoms with Crippen LogP contribution in [0.25, 0.3) is 0 Å². The van der Waals surface area contributed by atoms with Gasteiger partial charge in [-0.15, -0.1) is 0 Å². The number of carbonyl (C=O) groups is 2. The van der Waals surface area contributed by atoms with Crippen LogP contribution in [0.1, 0.15) is 25.0 Å². The third kappa shape index (κ3) is 4.87. The van der Waals surface area contributed by atoms with E-state index >= 15 is 0 Å². The van der Waals surface area contributed by atoms with E-state index in [9.17, 15) is 9.59 Å². The number of thioether (sulfide) groups is 2. The van der Waals surface area contributed by atoms with Crippen molar-refractivity contribution < 1.29 is 28.5 Å². The molecule has 2 aromatic carbocycles. The molecular weight excluding hydrogens is 424 g/mol. The zero-order valence-electron chi connectivity index (χ0n) is 16.7. The Kier molecular flexibility index (Phi) is 6.15. The van der Waals surface area contributed by atoms with Gasteiger partial charge in [-0.05, 0) is 58.9 Å². The van der Waals surface area contributed by atoms with E-state index in [2.05, 4.69) is 13.8 Å². The van der Waals surface area contributed by atoms with Crippen LogP contribution < -0.4 is 9.47 Å². The molecule has 0 amide bonds. The van der Waals surface area contributed by atoms with Crippen LogP contribution in [-0.4, -0.2) is 41.1 Å². The van der Waals surface area contributed by atoms with Crippen molar-refractivity contribution in [2.24, 2.45) is 0 Å². The average Bonchev–Trinajstić information content (AvgIpc) is 3.35. The van der Waals surface area contributed by atoms with Crippen molar-refractivity contribution in [3.05, 3.63) is 59.7 Å². The summed E-state index contributed by atoms with van der Waals surface area (Å²) in [7, 11) is 0. The third-order valence-electron chi connectivity index (χ3n) is 5.07. The van der Waals surface area contributed by atoms with Gasteiger partial charge in [0, 0.05) is 11.2 Å². The maximum Gasteiger partial charge on any atom is 0.370 e. The fourth-order valence-electron chi connectivity index (χ4n) is 3.24. The van der Waals surface area contributed by atoms with Crippen LogP contribution in [0.5, 0.6) is 11.5 Å². The molecule has 2 aliphatic rings. The molecule has 2 fully saturated rings. The number of hydrogen-bond donors (Lipinski definition) is 0. The van der Waals surface area contributed by atoms with Crippen molar-refractivity contribution in [1.29, 1.82) is 0 Å². The molecule has 2 unspecified atom stereocenters. The monoisotopic (exact) mass is 446 g/mol. The summed E-state index contributed by atoms with van der Waals surface area (Å²) in [5.41, 5.74) is 2.06. The van der Waals surface area contributed by atoms with Gasteiger partial charge in [0.1, 0.15) is 24.2 Å². The van der Waals surface area contributed by atoms with Gasteiger partial charge in [-0.3, -0.25) is 0 Å². The highest BCUT2D eigenvalue weighted by atomic mass is 32.2. The standard InChI is InChI=1S/C22H22O6S2/c1-22(2,15-5-9-17(10-6-15)26-19-13-30-21(24)28-19)14-3-7-16(8-4-14)25-11-18-12-29-20(23)27-18/h3-10,18-19H,11-13H2,1-2H3. The molecule has 158 valence electrons. The Morgan fingerprint density at radius 2 is 1.43 bits per heavy atom. The second-order valence-corrected chi connectivity index (χ2v) is 9.42. The lowest BCUT2D eigenvalue weighted by Gasteiger charge is -2.26. The zero-order valence-corrected chi connectivity index (χ0v) is 18.3. The second-order valence-electron chi connectivity index (χ2n) is 7.51. The van der Waals surface area contributed by atoms with Gasteiger partial charge in [0.25, 0.3) is 6.29 Å². The van der Waals surface area contributed by atoms with Crippen molar-refractivity contribution in [2.75, 3.05) is 18.1 Å². The maximum atomic E-state index is 11.2. The second kappa shape index (κ2) is 8.81. The molecule has 8 heteroatoms. The van der Waals surface area contributed by atoms with E-state index in [1.807, 2.05) is 48.5 Å². The molecular formula is C22H22O6S2. The number of carbonyl (C=O) groups excluding carboxylic acids is 2. The summed E-state index contributed by atoms with van der Waals surface area (Å²) in [4.78, 5) is 22.3. The van der Waals surface area contributed by atoms with Crippen molar-refractivity contribution >= 4 is 34.1 Å². The van der Waals surface area contributed by atoms with Gasteiger partial charge in [0.05, 0.1) is 5.75 Å². The summed E-state index contributed by atoms with van der Waals surface area (Å²) in [6, 6.07) is 15.8. The Hall–Kier alpha value is -2.32. The summed E-state index contributed by atoms with van der Waals surface area (Å²) in [6.07, 6.45) is -0.717. The fourth-order valence-corrected chi connectivity index (χ4v) is 4.52. The van der Waals surface area contributed by atoms with Crippen molar-refractivity contribution in [2.45, 2.75) is 31.7 Å². The lowest BCUT2D eigenvalue weighted by molar-refractivity contribution is 0.00560. The molecule has 0 bridgehead atoms. The minimum Gasteiger partial charge on any atom is -0.490 e. The summed E-state index contributed by atoms with van der Waals surface area (Å²) in [5.74, 6) is 2.55. The normalized spacial score (nSPS) is 21.3. The minimum atomic E-state index is -0.528. The van der Waals surface area contributed by atoms with E-state index in [4.69, 9.17) is 18.9 Å². The highest BCUT2D eigenvalue weighted by Crippen LogP contribution is 2.34. The Labute approximate surface area is 183 Å². The van der Waals surface area contributed by atoms with E-state index in [0.29, 0.717) is 23.9 Å². The van der Waals surface area contributed by atoms with Gasteiger partial charge in [-0.1, -0.05) is 38.1 Å². The summed E-state index contributed by atoms with van der Waals surface area (Å²) in [5, 5.41) is -0.534. The molecule has 2 aliphatic heterocycles. The molecule has 4 rings (SSSR count). The third-order valence-corrected chi connectivity index (χ3v) is 6.71. The molecule has 2 saturated heterocycles. The fraction of sp³-hybridized carbons (Fsp3) is 0.364. The van der Waals surface area contributed by atoms with Crippen molar-refractivity contribution in [3.8, 4) is 11.5 Å². The predicted molar refractivity (Wildman–Crippen MR) is 117 cm³/mol. The van der Waals surface area contributed by atoms with E-state index in [1.54, 1.807) is 0 Å². The van der Waals surface area contributed by atoms with E-state index in [1.165, 1.54) is 11.8 Å². The summed E-state index contributed by atoms with van der Waals surface area (Å²) < 4.78 is 21.7. The molecule has 0 aromatic heterocycles. The van der Waals surface area contributed by atoms with Crippen LogP contribution in [0.2, 0.25) is 0 Å². The average molecular weight is 447 g/mol. The topological polar surface area (TPSA) is 71.1 Å². The van der Waals surface area contributed by atoms with E-state index in [-0.39, 0.29) is 22.1 Å². The van der Waals surface area contributed by atoms with Crippen LogP contribution >= 0.6 is 23.5 Å². The Morgan fingerprint density at radius 3 is 1.97 bits per heavy atom. The number of hydrogen-bond acceptors (Lipinski definition) is 8. The van der Waals surface area contributed by atoms with Crippen LogP contribution in [0, 0.1) is 0 Å². The first-order chi connectivity index (χ1) is 14.4. The first-order valence-electron chi connectivity index (χ1n) is 9.57. The van der Waals surface area contributed by atoms with Gasteiger partial charge in [0.15, 0.2) is 0 Å². The molecule has 0 N–H and O–H groups in total. The number of benzene rings is 2. The van der Waals surface area contributed by atoms with Crippen molar-refractivity contribution in [3.63, 3.8) is 0 Å². The zero-order chi connectivity index (χ0) is 21.1. The Morgan fingerprint density at radius 1 is 0.867 bits per heavy atom. The van der Waals surface area contributed by atoms with Crippen LogP contribution in [0.15, 0.2) is 48.5 Å². The smallest absolute Gasteiger partial charge is 0.370 e. The molecule has 0 aliphatic carbocycles. The number of ether oxygens (including phenoxy) is 4. The van der Waals surface area contributed by atoms with Gasteiger partial charge in [-0.2, -0.15) is 0 Å². The number of cyclic esters (lactones) is 2. The minimum absolute atomic E-state index is 0.189. The quantitative estimate of drug-likeness (QED) is 0.536. The SMILES string of the molecule is CC(C)(c1ccc(OCC2CSC(=O)O2)cc1)c1ccc(OC2CSC(=O)O2)cc1. The van der Waals surface area contributed by atoms with Gasteiger partial charge < -0.3 is 18.9 Å². The highest BCUT2D eigenvalue weighted by molar-refractivity contribution is 8.13. The molecule has 0 spiro atoms. The molecule has 6 nitrogen and oxygen atoms in total. The highest BCUT2D eigenvalue weighted by Gasteiger charge is 2.27. The Bertz CT molecular complexity index is 910. The van der Waals surface area contributed by atoms with Crippen LogP contribution in [0.4, 0.5) is 9.59 Å². The predicted octanol–water partition coefficient (Wildman–Crippen LogP) is 5.23. The lowest BCUT2D eigenvalue weighted by atomic mass is 9.78. The maximum absolute atomic E-state index is 11.2. The van der Waals surface area contributed by atoms with E-state index < -0.39 is 6.29 Å². The van der Waals surface area contributed by atoms with Crippen LogP contribution in [0.3, 0.4) is 0 Å². The summed E-state index contributed by atoms with van der Waals surface area (Å²) >= 11 is 2.30. The van der Waals surface area contributed by atoms with Crippen LogP contribution in [-0.2, 0) is 14.9 Å². The Balaban J connectivity index is 1.37. The van der Waals surface area contributed by atoms with Gasteiger partial charge in [-0.25, -0.2) is 9.59 Å². The largest absolute Gasteiger partial charge is 0.490 e. The molecule has 0 saturated carbocycles. The van der Waals surface area contributed by atoms with E-state index in [0.717, 1.165) is 28.6 Å². The number of rotatable bonds is 7.